The van der Waals surface area contributed by atoms with Gasteiger partial charge in [0.25, 0.3) is 5.91 Å². The van der Waals surface area contributed by atoms with E-state index in [1.165, 1.54) is 17.0 Å². The molecule has 0 unspecified atom stereocenters. The summed E-state index contributed by atoms with van der Waals surface area (Å²) in [6.45, 7) is 0.935. The lowest BCUT2D eigenvalue weighted by Gasteiger charge is -2.18. The third-order valence-corrected chi connectivity index (χ3v) is 5.41. The normalized spacial score (nSPS) is 18.1. The molecule has 0 saturated carbocycles. The number of ether oxygens (including phenoxy) is 2. The molecule has 2 aliphatic heterocycles. The zero-order valence-electron chi connectivity index (χ0n) is 14.2. The molecule has 0 aliphatic carbocycles. The van der Waals surface area contributed by atoms with Crippen molar-refractivity contribution in [2.75, 3.05) is 18.1 Å². The first-order valence-corrected chi connectivity index (χ1v) is 9.40. The Morgan fingerprint density at radius 1 is 1.04 bits per heavy atom. The number of carbonyl (C=O) groups excluding carboxylic acids is 1. The van der Waals surface area contributed by atoms with Gasteiger partial charge in [-0.25, -0.2) is 0 Å². The molecule has 2 aromatic carbocycles. The molecule has 9 heteroatoms. The molecule has 1 saturated heterocycles. The molecule has 1 fully saturated rings. The molecule has 28 heavy (non-hydrogen) atoms. The topological polar surface area (TPSA) is 38.8 Å². The van der Waals surface area contributed by atoms with E-state index in [1.807, 2.05) is 0 Å². The van der Waals surface area contributed by atoms with Crippen LogP contribution in [0.25, 0.3) is 6.08 Å². The van der Waals surface area contributed by atoms with Crippen LogP contribution in [0.4, 0.5) is 18.9 Å². The number of thiocarbonyl (C=S) groups is 1. The second-order valence-corrected chi connectivity index (χ2v) is 7.64. The van der Waals surface area contributed by atoms with Gasteiger partial charge in [0.1, 0.15) is 13.2 Å². The quantitative estimate of drug-likeness (QED) is 0.508. The number of halogens is 3. The number of fused-ring (bicyclic) bond motifs is 1. The highest BCUT2D eigenvalue weighted by Gasteiger charge is 2.35. The van der Waals surface area contributed by atoms with Crippen molar-refractivity contribution in [3.63, 3.8) is 0 Å². The maximum Gasteiger partial charge on any atom is 0.416 e. The van der Waals surface area contributed by atoms with Crippen molar-refractivity contribution in [3.05, 3.63) is 58.5 Å². The number of nitrogens with zero attached hydrogens (tertiary/aromatic N) is 1. The maximum absolute atomic E-state index is 12.8. The van der Waals surface area contributed by atoms with E-state index in [4.69, 9.17) is 21.7 Å². The second kappa shape index (κ2) is 7.14. The SMILES string of the molecule is O=C1/C(=C/c2ccc3c(c2)OCCO3)SC(=S)N1c1ccc(C(F)(F)F)cc1. The number of hydrogen-bond acceptors (Lipinski definition) is 5. The van der Waals surface area contributed by atoms with Crippen molar-refractivity contribution in [2.24, 2.45) is 0 Å². The second-order valence-electron chi connectivity index (χ2n) is 5.96. The predicted molar refractivity (Wildman–Crippen MR) is 105 cm³/mol. The Morgan fingerprint density at radius 2 is 1.71 bits per heavy atom. The number of thioether (sulfide) groups is 1. The Labute approximate surface area is 167 Å². The fourth-order valence-corrected chi connectivity index (χ4v) is 4.09. The number of amides is 1. The maximum atomic E-state index is 12.8. The number of alkyl halides is 3. The molecular weight excluding hydrogens is 411 g/mol. The monoisotopic (exact) mass is 423 g/mol. The highest BCUT2D eigenvalue weighted by molar-refractivity contribution is 8.27. The van der Waals surface area contributed by atoms with Crippen LogP contribution in [-0.4, -0.2) is 23.4 Å². The number of hydrogen-bond donors (Lipinski definition) is 0. The molecule has 0 atom stereocenters. The average molecular weight is 423 g/mol. The third kappa shape index (κ3) is 3.59. The first-order chi connectivity index (χ1) is 13.3. The Morgan fingerprint density at radius 3 is 2.39 bits per heavy atom. The Balaban J connectivity index is 1.59. The van der Waals surface area contributed by atoms with Gasteiger partial charge in [0, 0.05) is 0 Å². The van der Waals surface area contributed by atoms with Crippen molar-refractivity contribution >= 4 is 46.0 Å². The molecule has 0 bridgehead atoms. The summed E-state index contributed by atoms with van der Waals surface area (Å²) in [4.78, 5) is 14.4. The molecular formula is C19H12F3NO3S2. The van der Waals surface area contributed by atoms with E-state index >= 15 is 0 Å². The summed E-state index contributed by atoms with van der Waals surface area (Å²) in [5.74, 6) is 0.851. The molecule has 0 N–H and O–H groups in total. The fraction of sp³-hybridized carbons (Fsp3) is 0.158. The van der Waals surface area contributed by atoms with E-state index in [2.05, 4.69) is 0 Å². The standard InChI is InChI=1S/C19H12F3NO3S2/c20-19(21,22)12-2-4-13(5-3-12)23-17(24)16(28-18(23)27)10-11-1-6-14-15(9-11)26-8-7-25-14/h1-6,9-10H,7-8H2/b16-10-. The van der Waals surface area contributed by atoms with Crippen LogP contribution in [0.5, 0.6) is 11.5 Å². The van der Waals surface area contributed by atoms with Crippen molar-refractivity contribution in [2.45, 2.75) is 6.18 Å². The first kappa shape index (κ1) is 18.8. The van der Waals surface area contributed by atoms with Gasteiger partial charge in [-0.05, 0) is 48.0 Å². The van der Waals surface area contributed by atoms with Gasteiger partial charge in [0.05, 0.1) is 16.2 Å². The van der Waals surface area contributed by atoms with Crippen LogP contribution in [0, 0.1) is 0 Å². The number of benzene rings is 2. The lowest BCUT2D eigenvalue weighted by atomic mass is 10.1. The Bertz CT molecular complexity index is 987. The van der Waals surface area contributed by atoms with Crippen LogP contribution < -0.4 is 14.4 Å². The van der Waals surface area contributed by atoms with E-state index in [0.29, 0.717) is 35.3 Å². The van der Waals surface area contributed by atoms with E-state index in [1.54, 1.807) is 24.3 Å². The molecule has 0 aromatic heterocycles. The molecule has 2 aliphatic rings. The van der Waals surface area contributed by atoms with Gasteiger partial charge >= 0.3 is 6.18 Å². The zero-order chi connectivity index (χ0) is 19.9. The van der Waals surface area contributed by atoms with Crippen molar-refractivity contribution < 1.29 is 27.4 Å². The molecule has 0 spiro atoms. The minimum atomic E-state index is -4.44. The van der Waals surface area contributed by atoms with Crippen molar-refractivity contribution in [1.82, 2.24) is 0 Å². The van der Waals surface area contributed by atoms with Gasteiger partial charge < -0.3 is 9.47 Å². The first-order valence-electron chi connectivity index (χ1n) is 8.18. The van der Waals surface area contributed by atoms with Crippen molar-refractivity contribution in [1.29, 1.82) is 0 Å². The molecule has 1 amide bonds. The zero-order valence-corrected chi connectivity index (χ0v) is 15.8. The fourth-order valence-electron chi connectivity index (χ4n) is 2.79. The van der Waals surface area contributed by atoms with E-state index < -0.39 is 11.7 Å². The molecule has 0 radical (unpaired) electrons. The van der Waals surface area contributed by atoms with Crippen LogP contribution in [0.1, 0.15) is 11.1 Å². The smallest absolute Gasteiger partial charge is 0.416 e. The highest BCUT2D eigenvalue weighted by Crippen LogP contribution is 2.38. The summed E-state index contributed by atoms with van der Waals surface area (Å²) in [5.41, 5.74) is 0.242. The molecule has 2 aromatic rings. The van der Waals surface area contributed by atoms with Crippen LogP contribution in [-0.2, 0) is 11.0 Å². The summed E-state index contributed by atoms with van der Waals surface area (Å²) in [7, 11) is 0. The van der Waals surface area contributed by atoms with Gasteiger partial charge in [-0.1, -0.05) is 30.0 Å². The Hall–Kier alpha value is -2.52. The Kier molecular flexibility index (Phi) is 4.80. The minimum Gasteiger partial charge on any atom is -0.486 e. The largest absolute Gasteiger partial charge is 0.486 e. The minimum absolute atomic E-state index is 0.258. The van der Waals surface area contributed by atoms with Crippen LogP contribution in [0.2, 0.25) is 0 Å². The van der Waals surface area contributed by atoms with Gasteiger partial charge in [-0.2, -0.15) is 13.2 Å². The molecule has 144 valence electrons. The number of carbonyl (C=O) groups is 1. The van der Waals surface area contributed by atoms with Gasteiger partial charge in [-0.15, -0.1) is 0 Å². The van der Waals surface area contributed by atoms with Gasteiger partial charge in [-0.3, -0.25) is 9.69 Å². The molecule has 4 nitrogen and oxygen atoms in total. The summed E-state index contributed by atoms with van der Waals surface area (Å²) < 4.78 is 49.5. The van der Waals surface area contributed by atoms with Gasteiger partial charge in [0.2, 0.25) is 0 Å². The summed E-state index contributed by atoms with van der Waals surface area (Å²) >= 11 is 6.35. The van der Waals surface area contributed by atoms with Gasteiger partial charge in [0.15, 0.2) is 15.8 Å². The van der Waals surface area contributed by atoms with Crippen LogP contribution >= 0.6 is 24.0 Å². The highest BCUT2D eigenvalue weighted by atomic mass is 32.2. The third-order valence-electron chi connectivity index (χ3n) is 4.11. The summed E-state index contributed by atoms with van der Waals surface area (Å²) in [6.07, 6.45) is -2.77. The molecule has 4 rings (SSSR count). The summed E-state index contributed by atoms with van der Waals surface area (Å²) in [6, 6.07) is 9.65. The van der Waals surface area contributed by atoms with Crippen molar-refractivity contribution in [3.8, 4) is 11.5 Å². The van der Waals surface area contributed by atoms with Crippen LogP contribution in [0.3, 0.4) is 0 Å². The number of anilines is 1. The lowest BCUT2D eigenvalue weighted by molar-refractivity contribution is -0.137. The lowest BCUT2D eigenvalue weighted by Crippen LogP contribution is -2.27. The average Bonchev–Trinajstić information content (AvgIpc) is 2.94. The van der Waals surface area contributed by atoms with E-state index in [9.17, 15) is 18.0 Å². The predicted octanol–water partition coefficient (Wildman–Crippen LogP) is 4.88. The number of rotatable bonds is 2. The van der Waals surface area contributed by atoms with E-state index in [-0.39, 0.29) is 10.2 Å². The van der Waals surface area contributed by atoms with E-state index in [0.717, 1.165) is 29.5 Å². The molecule has 2 heterocycles. The summed E-state index contributed by atoms with van der Waals surface area (Å²) in [5, 5.41) is 0. The van der Waals surface area contributed by atoms with Crippen LogP contribution in [0.15, 0.2) is 47.4 Å².